The summed E-state index contributed by atoms with van der Waals surface area (Å²) in [5.41, 5.74) is 12.0. The normalized spacial score (nSPS) is 11.3. The van der Waals surface area contributed by atoms with Gasteiger partial charge in [-0.05, 0) is 90.0 Å². The highest BCUT2D eigenvalue weighted by atomic mass is 15.0. The molecule has 0 aliphatic heterocycles. The van der Waals surface area contributed by atoms with Crippen LogP contribution in [0.3, 0.4) is 0 Å². The van der Waals surface area contributed by atoms with E-state index in [4.69, 9.17) is 0 Å². The van der Waals surface area contributed by atoms with Crippen molar-refractivity contribution in [2.45, 2.75) is 0 Å². The molecule has 0 amide bonds. The van der Waals surface area contributed by atoms with Crippen LogP contribution in [0.4, 0.5) is 0 Å². The standard InChI is InChI=1S/C52H27N7/c53-28-32-10-7-13-35(24-32)36-22-23-43(37(27-36)31-56)59-46-21-6-3-18-42(46)49-51-47(40-16-1-4-19-44(40)57(51)38-14-8-11-33(25-38)29-54)50-48(52(49)59)41-17-2-5-20-45(41)58(50)39-15-9-12-34(26-39)30-55/h1-27H. The minimum Gasteiger partial charge on any atom is -0.308 e. The Kier molecular flexibility index (Phi) is 7.28. The van der Waals surface area contributed by atoms with Crippen LogP contribution in [0.25, 0.3) is 93.6 Å². The van der Waals surface area contributed by atoms with Gasteiger partial charge in [-0.25, -0.2) is 0 Å². The molecule has 11 aromatic rings. The first-order valence-corrected chi connectivity index (χ1v) is 19.1. The Labute approximate surface area is 337 Å². The zero-order chi connectivity index (χ0) is 39.8. The molecule has 0 atom stereocenters. The second-order valence-corrected chi connectivity index (χ2v) is 14.6. The number of para-hydroxylation sites is 3. The topological polar surface area (TPSA) is 110 Å². The van der Waals surface area contributed by atoms with Crippen molar-refractivity contribution < 1.29 is 0 Å². The molecule has 0 fully saturated rings. The number of hydrogen-bond donors (Lipinski definition) is 0. The quantitative estimate of drug-likeness (QED) is 0.178. The molecule has 8 aromatic carbocycles. The molecule has 0 unspecified atom stereocenters. The number of aromatic nitrogens is 3. The van der Waals surface area contributed by atoms with Gasteiger partial charge in [0.05, 0.1) is 79.2 Å². The molecule has 0 radical (unpaired) electrons. The van der Waals surface area contributed by atoms with Crippen LogP contribution in [0.2, 0.25) is 0 Å². The van der Waals surface area contributed by atoms with E-state index in [1.54, 1.807) is 6.07 Å². The lowest BCUT2D eigenvalue weighted by Crippen LogP contribution is -2.00. The third kappa shape index (κ3) is 4.78. The molecular formula is C52H27N7. The van der Waals surface area contributed by atoms with Crippen molar-refractivity contribution in [2.24, 2.45) is 0 Å². The van der Waals surface area contributed by atoms with Crippen molar-refractivity contribution in [3.05, 3.63) is 186 Å². The Hall–Kier alpha value is -8.88. The third-order valence-electron chi connectivity index (χ3n) is 11.5. The van der Waals surface area contributed by atoms with Crippen molar-refractivity contribution >= 4 is 65.4 Å². The summed E-state index contributed by atoms with van der Waals surface area (Å²) in [7, 11) is 0. The van der Waals surface area contributed by atoms with Crippen LogP contribution in [0, 0.1) is 45.3 Å². The highest BCUT2D eigenvalue weighted by Crippen LogP contribution is 2.50. The smallest absolute Gasteiger partial charge is 0.101 e. The van der Waals surface area contributed by atoms with Crippen LogP contribution in [0.15, 0.2) is 164 Å². The number of hydrogen-bond acceptors (Lipinski definition) is 4. The lowest BCUT2D eigenvalue weighted by atomic mass is 10.00. The van der Waals surface area contributed by atoms with E-state index >= 15 is 0 Å². The highest BCUT2D eigenvalue weighted by Gasteiger charge is 2.29. The van der Waals surface area contributed by atoms with Gasteiger partial charge in [-0.3, -0.25) is 0 Å². The van der Waals surface area contributed by atoms with Crippen molar-refractivity contribution in [3.8, 4) is 52.5 Å². The van der Waals surface area contributed by atoms with Gasteiger partial charge in [0.2, 0.25) is 0 Å². The molecule has 11 rings (SSSR count). The monoisotopic (exact) mass is 749 g/mol. The predicted octanol–water partition coefficient (Wildman–Crippen LogP) is 12.1. The van der Waals surface area contributed by atoms with Crippen LogP contribution >= 0.6 is 0 Å². The van der Waals surface area contributed by atoms with Gasteiger partial charge in [0.25, 0.3) is 0 Å². The zero-order valence-corrected chi connectivity index (χ0v) is 31.2. The lowest BCUT2D eigenvalue weighted by Gasteiger charge is -2.15. The van der Waals surface area contributed by atoms with Crippen LogP contribution in [-0.4, -0.2) is 13.7 Å². The molecule has 0 saturated heterocycles. The summed E-state index contributed by atoms with van der Waals surface area (Å²) in [5.74, 6) is 0. The van der Waals surface area contributed by atoms with E-state index in [9.17, 15) is 21.0 Å². The Morgan fingerprint density at radius 1 is 0.339 bits per heavy atom. The molecule has 59 heavy (non-hydrogen) atoms. The number of nitriles is 4. The molecule has 0 spiro atoms. The Morgan fingerprint density at radius 3 is 1.25 bits per heavy atom. The number of fused-ring (bicyclic) bond motifs is 12. The summed E-state index contributed by atoms with van der Waals surface area (Å²) >= 11 is 0. The van der Waals surface area contributed by atoms with Crippen molar-refractivity contribution in [3.63, 3.8) is 0 Å². The van der Waals surface area contributed by atoms with Gasteiger partial charge in [-0.1, -0.05) is 84.9 Å². The Balaban J connectivity index is 1.42. The van der Waals surface area contributed by atoms with Crippen molar-refractivity contribution in [1.29, 1.82) is 21.0 Å². The van der Waals surface area contributed by atoms with Gasteiger partial charge in [-0.15, -0.1) is 0 Å². The number of benzene rings is 8. The van der Waals surface area contributed by atoms with Crippen LogP contribution in [-0.2, 0) is 0 Å². The second-order valence-electron chi connectivity index (χ2n) is 14.6. The molecule has 7 heteroatoms. The largest absolute Gasteiger partial charge is 0.308 e. The average molecular weight is 750 g/mol. The molecule has 0 saturated carbocycles. The van der Waals surface area contributed by atoms with E-state index in [2.05, 4.69) is 92.6 Å². The summed E-state index contributed by atoms with van der Waals surface area (Å²) < 4.78 is 6.78. The van der Waals surface area contributed by atoms with Crippen molar-refractivity contribution in [2.75, 3.05) is 0 Å². The lowest BCUT2D eigenvalue weighted by molar-refractivity contribution is 1.16. The molecule has 7 nitrogen and oxygen atoms in total. The number of rotatable bonds is 4. The first-order valence-electron chi connectivity index (χ1n) is 19.1. The first-order chi connectivity index (χ1) is 29.1. The zero-order valence-electron chi connectivity index (χ0n) is 31.2. The van der Waals surface area contributed by atoms with Crippen LogP contribution in [0.1, 0.15) is 22.3 Å². The first kappa shape index (κ1) is 33.5. The average Bonchev–Trinajstić information content (AvgIpc) is 3.95. The fraction of sp³-hybridized carbons (Fsp3) is 0. The summed E-state index contributed by atoms with van der Waals surface area (Å²) in [6, 6.07) is 63.4. The molecule has 0 aliphatic rings. The summed E-state index contributed by atoms with van der Waals surface area (Å²) in [6.07, 6.45) is 0. The van der Waals surface area contributed by atoms with Crippen molar-refractivity contribution in [1.82, 2.24) is 13.7 Å². The van der Waals surface area contributed by atoms with E-state index in [1.165, 1.54) is 0 Å². The van der Waals surface area contributed by atoms with E-state index in [0.29, 0.717) is 22.3 Å². The number of nitrogens with zero attached hydrogens (tertiary/aromatic N) is 7. The van der Waals surface area contributed by atoms with Gasteiger partial charge >= 0.3 is 0 Å². The minimum absolute atomic E-state index is 0.480. The van der Waals surface area contributed by atoms with E-state index in [1.807, 2.05) is 103 Å². The third-order valence-corrected chi connectivity index (χ3v) is 11.5. The predicted molar refractivity (Wildman–Crippen MR) is 234 cm³/mol. The molecule has 0 N–H and O–H groups in total. The second kappa shape index (κ2) is 12.8. The molecule has 0 bridgehead atoms. The minimum atomic E-state index is 0.480. The molecule has 3 heterocycles. The van der Waals surface area contributed by atoms with Crippen LogP contribution in [0.5, 0.6) is 0 Å². The van der Waals surface area contributed by atoms with Gasteiger partial charge in [0, 0.05) is 43.7 Å². The summed E-state index contributed by atoms with van der Waals surface area (Å²) in [6.45, 7) is 0. The molecule has 3 aromatic heterocycles. The van der Waals surface area contributed by atoms with E-state index < -0.39 is 0 Å². The maximum atomic E-state index is 11.0. The SMILES string of the molecule is N#Cc1cccc(-c2ccc(-n3c4ccccc4c4c5c(c6ccccc6n5-c5cccc(C#N)c5)c5c(c6ccccc6n5-c5cccc(C#N)c5)c43)c(C#N)c2)c1. The van der Waals surface area contributed by atoms with Gasteiger partial charge in [0.15, 0.2) is 0 Å². The molecule has 270 valence electrons. The summed E-state index contributed by atoms with van der Waals surface area (Å²) in [5, 5.41) is 46.9. The van der Waals surface area contributed by atoms with Crippen LogP contribution < -0.4 is 0 Å². The fourth-order valence-corrected chi connectivity index (χ4v) is 9.13. The maximum absolute atomic E-state index is 11.0. The summed E-state index contributed by atoms with van der Waals surface area (Å²) in [4.78, 5) is 0. The van der Waals surface area contributed by atoms with Gasteiger partial charge in [-0.2, -0.15) is 21.0 Å². The van der Waals surface area contributed by atoms with Gasteiger partial charge in [0.1, 0.15) is 6.07 Å². The van der Waals surface area contributed by atoms with Gasteiger partial charge < -0.3 is 13.7 Å². The Morgan fingerprint density at radius 2 is 0.763 bits per heavy atom. The molecular weight excluding hydrogens is 723 g/mol. The fourth-order valence-electron chi connectivity index (χ4n) is 9.13. The van der Waals surface area contributed by atoms with E-state index in [0.717, 1.165) is 93.6 Å². The Bertz CT molecular complexity index is 3700. The van der Waals surface area contributed by atoms with E-state index in [-0.39, 0.29) is 0 Å². The maximum Gasteiger partial charge on any atom is 0.101 e. The molecule has 0 aliphatic carbocycles. The highest BCUT2D eigenvalue weighted by molar-refractivity contribution is 6.40.